The molecule has 0 unspecified atom stereocenters. The van der Waals surface area contributed by atoms with Crippen LogP contribution in [0.5, 0.6) is 5.75 Å². The van der Waals surface area contributed by atoms with Crippen molar-refractivity contribution in [1.82, 2.24) is 5.32 Å². The molecule has 0 aliphatic carbocycles. The zero-order chi connectivity index (χ0) is 18.0. The SMILES string of the molecule is COc1ccc(N2C(=O)NC(=O)/C(=C\c3ccc(I)cc3)C2=O)cc1. The van der Waals surface area contributed by atoms with Crippen LogP contribution in [0.25, 0.3) is 6.08 Å². The monoisotopic (exact) mass is 448 g/mol. The number of nitrogens with one attached hydrogen (secondary N) is 1. The Labute approximate surface area is 157 Å². The Hall–Kier alpha value is -2.68. The summed E-state index contributed by atoms with van der Waals surface area (Å²) in [5, 5.41) is 2.19. The van der Waals surface area contributed by atoms with Crippen LogP contribution in [0, 0.1) is 3.57 Å². The van der Waals surface area contributed by atoms with Gasteiger partial charge in [-0.3, -0.25) is 14.9 Å². The maximum Gasteiger partial charge on any atom is 0.335 e. The quantitative estimate of drug-likeness (QED) is 0.445. The van der Waals surface area contributed by atoms with Gasteiger partial charge in [0.25, 0.3) is 11.8 Å². The van der Waals surface area contributed by atoms with Gasteiger partial charge in [-0.25, -0.2) is 9.69 Å². The van der Waals surface area contributed by atoms with Gasteiger partial charge in [-0.15, -0.1) is 0 Å². The van der Waals surface area contributed by atoms with E-state index in [9.17, 15) is 14.4 Å². The largest absolute Gasteiger partial charge is 0.497 e. The summed E-state index contributed by atoms with van der Waals surface area (Å²) >= 11 is 2.16. The number of ether oxygens (including phenoxy) is 1. The Morgan fingerprint density at radius 3 is 2.24 bits per heavy atom. The second-order valence-electron chi connectivity index (χ2n) is 5.21. The average Bonchev–Trinajstić information content (AvgIpc) is 2.60. The molecule has 1 aliphatic heterocycles. The van der Waals surface area contributed by atoms with Crippen molar-refractivity contribution >= 4 is 52.2 Å². The van der Waals surface area contributed by atoms with Crippen molar-refractivity contribution in [2.24, 2.45) is 0 Å². The summed E-state index contributed by atoms with van der Waals surface area (Å²) in [5.74, 6) is -0.782. The minimum Gasteiger partial charge on any atom is -0.497 e. The molecule has 0 spiro atoms. The van der Waals surface area contributed by atoms with Gasteiger partial charge in [0.2, 0.25) is 0 Å². The molecule has 2 aromatic rings. The van der Waals surface area contributed by atoms with Gasteiger partial charge in [0.15, 0.2) is 0 Å². The first kappa shape index (κ1) is 17.2. The van der Waals surface area contributed by atoms with Gasteiger partial charge in [-0.2, -0.15) is 0 Å². The smallest absolute Gasteiger partial charge is 0.335 e. The first-order valence-corrected chi connectivity index (χ1v) is 8.38. The van der Waals surface area contributed by atoms with Gasteiger partial charge in [-0.05, 0) is 70.6 Å². The number of amides is 4. The Morgan fingerprint density at radius 1 is 1.00 bits per heavy atom. The highest BCUT2D eigenvalue weighted by Crippen LogP contribution is 2.24. The van der Waals surface area contributed by atoms with Crippen LogP contribution < -0.4 is 15.0 Å². The number of carbonyl (C=O) groups is 3. The van der Waals surface area contributed by atoms with E-state index in [1.54, 1.807) is 36.4 Å². The topological polar surface area (TPSA) is 75.7 Å². The van der Waals surface area contributed by atoms with Gasteiger partial charge < -0.3 is 4.74 Å². The van der Waals surface area contributed by atoms with Gasteiger partial charge >= 0.3 is 6.03 Å². The summed E-state index contributed by atoms with van der Waals surface area (Å²) in [7, 11) is 1.52. The molecule has 126 valence electrons. The molecule has 1 saturated heterocycles. The number of hydrogen-bond donors (Lipinski definition) is 1. The number of barbiturate groups is 1. The molecule has 1 fully saturated rings. The summed E-state index contributed by atoms with van der Waals surface area (Å²) < 4.78 is 6.10. The summed E-state index contributed by atoms with van der Waals surface area (Å²) in [4.78, 5) is 37.9. The van der Waals surface area contributed by atoms with Crippen molar-refractivity contribution in [2.75, 3.05) is 12.0 Å². The van der Waals surface area contributed by atoms with Crippen LogP contribution in [0.15, 0.2) is 54.1 Å². The molecular weight excluding hydrogens is 435 g/mol. The van der Waals surface area contributed by atoms with E-state index in [2.05, 4.69) is 27.9 Å². The van der Waals surface area contributed by atoms with Gasteiger partial charge in [0.05, 0.1) is 12.8 Å². The van der Waals surface area contributed by atoms with E-state index >= 15 is 0 Å². The fourth-order valence-electron chi connectivity index (χ4n) is 2.35. The number of rotatable bonds is 3. The number of carbonyl (C=O) groups excluding carboxylic acids is 3. The molecule has 0 saturated carbocycles. The Kier molecular flexibility index (Phi) is 4.84. The van der Waals surface area contributed by atoms with Crippen LogP contribution in [0.4, 0.5) is 10.5 Å². The van der Waals surface area contributed by atoms with E-state index in [-0.39, 0.29) is 5.57 Å². The maximum atomic E-state index is 12.7. The van der Waals surface area contributed by atoms with E-state index in [4.69, 9.17) is 4.74 Å². The number of anilines is 1. The Bertz CT molecular complexity index is 873. The molecule has 1 N–H and O–H groups in total. The van der Waals surface area contributed by atoms with Crippen molar-refractivity contribution < 1.29 is 19.1 Å². The van der Waals surface area contributed by atoms with Crippen LogP contribution in [0.3, 0.4) is 0 Å². The minimum atomic E-state index is -0.778. The fraction of sp³-hybridized carbons (Fsp3) is 0.0556. The third kappa shape index (κ3) is 3.55. The van der Waals surface area contributed by atoms with Gasteiger partial charge in [0.1, 0.15) is 11.3 Å². The van der Waals surface area contributed by atoms with Gasteiger partial charge in [0, 0.05) is 3.57 Å². The van der Waals surface area contributed by atoms with E-state index < -0.39 is 17.8 Å². The number of urea groups is 1. The average molecular weight is 448 g/mol. The predicted molar refractivity (Wildman–Crippen MR) is 101 cm³/mol. The van der Waals surface area contributed by atoms with Crippen LogP contribution in [-0.4, -0.2) is 25.0 Å². The molecule has 7 heteroatoms. The van der Waals surface area contributed by atoms with E-state index in [0.29, 0.717) is 17.0 Å². The van der Waals surface area contributed by atoms with Crippen LogP contribution in [0.2, 0.25) is 0 Å². The molecule has 0 radical (unpaired) electrons. The van der Waals surface area contributed by atoms with Gasteiger partial charge in [-0.1, -0.05) is 12.1 Å². The lowest BCUT2D eigenvalue weighted by Crippen LogP contribution is -2.54. The Balaban J connectivity index is 1.97. The van der Waals surface area contributed by atoms with Crippen molar-refractivity contribution in [1.29, 1.82) is 0 Å². The Morgan fingerprint density at radius 2 is 1.64 bits per heavy atom. The van der Waals surface area contributed by atoms with Crippen molar-refractivity contribution in [3.8, 4) is 5.75 Å². The zero-order valence-corrected chi connectivity index (χ0v) is 15.3. The molecule has 25 heavy (non-hydrogen) atoms. The van der Waals surface area contributed by atoms with E-state index in [0.717, 1.165) is 8.47 Å². The normalized spacial score (nSPS) is 16.2. The van der Waals surface area contributed by atoms with Crippen molar-refractivity contribution in [3.63, 3.8) is 0 Å². The first-order valence-electron chi connectivity index (χ1n) is 7.30. The highest BCUT2D eigenvalue weighted by Gasteiger charge is 2.36. The first-order chi connectivity index (χ1) is 12.0. The molecule has 4 amide bonds. The van der Waals surface area contributed by atoms with Crippen LogP contribution >= 0.6 is 22.6 Å². The van der Waals surface area contributed by atoms with Crippen LogP contribution in [-0.2, 0) is 9.59 Å². The highest BCUT2D eigenvalue weighted by molar-refractivity contribution is 14.1. The number of methoxy groups -OCH3 is 1. The lowest BCUT2D eigenvalue weighted by Gasteiger charge is -2.26. The predicted octanol–water partition coefficient (Wildman–Crippen LogP) is 2.97. The summed E-state index contributed by atoms with van der Waals surface area (Å²) in [6.45, 7) is 0. The molecule has 1 heterocycles. The van der Waals surface area contributed by atoms with Crippen molar-refractivity contribution in [3.05, 3.63) is 63.2 Å². The number of nitrogens with zero attached hydrogens (tertiary/aromatic N) is 1. The maximum absolute atomic E-state index is 12.7. The number of benzene rings is 2. The van der Waals surface area contributed by atoms with E-state index in [1.165, 1.54) is 13.2 Å². The molecule has 0 atom stereocenters. The third-order valence-electron chi connectivity index (χ3n) is 3.61. The third-order valence-corrected chi connectivity index (χ3v) is 4.33. The van der Waals surface area contributed by atoms with E-state index in [1.807, 2.05) is 12.1 Å². The summed E-state index contributed by atoms with van der Waals surface area (Å²) in [6.07, 6.45) is 1.47. The number of halogens is 1. The molecule has 2 aromatic carbocycles. The molecule has 3 rings (SSSR count). The zero-order valence-electron chi connectivity index (χ0n) is 13.2. The number of imide groups is 2. The second kappa shape index (κ2) is 7.06. The highest BCUT2D eigenvalue weighted by atomic mass is 127. The van der Waals surface area contributed by atoms with Crippen molar-refractivity contribution in [2.45, 2.75) is 0 Å². The molecular formula is C18H13IN2O4. The fourth-order valence-corrected chi connectivity index (χ4v) is 2.71. The molecule has 6 nitrogen and oxygen atoms in total. The number of hydrogen-bond acceptors (Lipinski definition) is 4. The van der Waals surface area contributed by atoms with Crippen LogP contribution in [0.1, 0.15) is 5.56 Å². The lowest BCUT2D eigenvalue weighted by atomic mass is 10.1. The molecule has 0 bridgehead atoms. The summed E-state index contributed by atoms with van der Waals surface area (Å²) in [6, 6.07) is 13.0. The molecule has 0 aromatic heterocycles. The summed E-state index contributed by atoms with van der Waals surface area (Å²) in [5.41, 5.74) is 0.948. The minimum absolute atomic E-state index is 0.100. The lowest BCUT2D eigenvalue weighted by molar-refractivity contribution is -0.122. The second-order valence-corrected chi connectivity index (χ2v) is 6.45. The standard InChI is InChI=1S/C18H13IN2O4/c1-25-14-8-6-13(7-9-14)21-17(23)15(16(22)20-18(21)24)10-11-2-4-12(19)5-3-11/h2-10H,1H3,(H,20,22,24)/b15-10+. The molecule has 1 aliphatic rings.